The number of nitrogens with zero attached hydrogens (tertiary/aromatic N) is 5. The van der Waals surface area contributed by atoms with Crippen LogP contribution in [0.25, 0.3) is 51.6 Å². The van der Waals surface area contributed by atoms with Crippen LogP contribution in [0.1, 0.15) is 71.1 Å². The monoisotopic (exact) mass is 659 g/mol. The summed E-state index contributed by atoms with van der Waals surface area (Å²) in [6.45, 7) is 3.99. The van der Waals surface area contributed by atoms with Crippen LogP contribution >= 0.6 is 0 Å². The zero-order chi connectivity index (χ0) is 35.1. The molecule has 246 valence electrons. The average Bonchev–Trinajstić information content (AvgIpc) is 3.65. The molecule has 0 bridgehead atoms. The van der Waals surface area contributed by atoms with Crippen LogP contribution in [0.2, 0.25) is 0 Å². The number of fused-ring (bicyclic) bond motifs is 4. The molecule has 5 aromatic rings. The molecule has 0 fully saturated rings. The molecular weight excluding hydrogens is 623 g/mol. The van der Waals surface area contributed by atoms with Crippen molar-refractivity contribution in [3.8, 4) is 35.0 Å². The largest absolute Gasteiger partial charge is 0.314 e. The Morgan fingerprint density at radius 2 is 1.73 bits per heavy atom. The number of hydrogen-bond acceptors (Lipinski definition) is 3. The molecule has 5 heteroatoms. The van der Waals surface area contributed by atoms with E-state index in [1.807, 2.05) is 31.2 Å². The lowest BCUT2D eigenvalue weighted by molar-refractivity contribution is 0.652. The number of nitriles is 3. The standard InChI is InChI=1S/C46H37N5/c1-30(27-47)23-42-31(2)50(43-15-5-4-13-40(42)43)37-20-17-32(18-21-37)24-33-9-7-10-35(25-33)38-14-8-11-36(29-49)46(38)51-44-16-6-3-12-39(44)41-22-19-34(28-48)26-45(41)51/h4-11,13-17,20-21,23,25-26,32H,3,12,18-19,22,24H2,1-2H3/b30-23+. The Bertz CT molecular complexity index is 2540. The maximum absolute atomic E-state index is 10.4. The Morgan fingerprint density at radius 3 is 2.53 bits per heavy atom. The Hall–Kier alpha value is -6.35. The highest BCUT2D eigenvalue weighted by Gasteiger charge is 2.28. The minimum absolute atomic E-state index is 0.347. The Balaban J connectivity index is 1.13. The van der Waals surface area contributed by atoms with Gasteiger partial charge in [0.15, 0.2) is 0 Å². The van der Waals surface area contributed by atoms with Gasteiger partial charge in [-0.15, -0.1) is 0 Å². The molecule has 0 saturated heterocycles. The first-order valence-corrected chi connectivity index (χ1v) is 17.7. The molecule has 0 saturated carbocycles. The first-order valence-electron chi connectivity index (χ1n) is 17.7. The van der Waals surface area contributed by atoms with Crippen LogP contribution in [-0.4, -0.2) is 9.13 Å². The lowest BCUT2D eigenvalue weighted by atomic mass is 9.90. The lowest BCUT2D eigenvalue weighted by Gasteiger charge is -2.21. The van der Waals surface area contributed by atoms with Gasteiger partial charge in [0.1, 0.15) is 6.07 Å². The van der Waals surface area contributed by atoms with Crippen molar-refractivity contribution in [1.82, 2.24) is 9.13 Å². The zero-order valence-corrected chi connectivity index (χ0v) is 28.9. The number of aromatic nitrogens is 2. The van der Waals surface area contributed by atoms with E-state index in [1.165, 1.54) is 16.7 Å². The molecule has 0 radical (unpaired) electrons. The fourth-order valence-corrected chi connectivity index (χ4v) is 8.25. The summed E-state index contributed by atoms with van der Waals surface area (Å²) in [6.07, 6.45) is 20.8. The van der Waals surface area contributed by atoms with Crippen LogP contribution in [0.15, 0.2) is 102 Å². The summed E-state index contributed by atoms with van der Waals surface area (Å²) in [5.74, 6) is 0.347. The van der Waals surface area contributed by atoms with E-state index in [4.69, 9.17) is 0 Å². The van der Waals surface area contributed by atoms with Crippen molar-refractivity contribution >= 4 is 34.8 Å². The molecule has 3 aliphatic rings. The van der Waals surface area contributed by atoms with Crippen molar-refractivity contribution in [2.45, 2.75) is 52.4 Å². The predicted molar refractivity (Wildman–Crippen MR) is 206 cm³/mol. The van der Waals surface area contributed by atoms with E-state index in [0.717, 1.165) is 100 Å². The summed E-state index contributed by atoms with van der Waals surface area (Å²) in [5, 5.41) is 30.8. The van der Waals surface area contributed by atoms with Crippen molar-refractivity contribution in [2.24, 2.45) is 5.92 Å². The maximum Gasteiger partial charge on any atom is 0.101 e. The number of rotatable bonds is 6. The molecule has 1 atom stereocenters. The van der Waals surface area contributed by atoms with Gasteiger partial charge in [-0.05, 0) is 117 Å². The third kappa shape index (κ3) is 5.56. The summed E-state index contributed by atoms with van der Waals surface area (Å²) >= 11 is 0. The van der Waals surface area contributed by atoms with E-state index in [9.17, 15) is 15.8 Å². The van der Waals surface area contributed by atoms with Gasteiger partial charge >= 0.3 is 0 Å². The molecule has 0 aliphatic heterocycles. The van der Waals surface area contributed by atoms with E-state index < -0.39 is 0 Å². The van der Waals surface area contributed by atoms with E-state index in [0.29, 0.717) is 17.1 Å². The number of benzene rings is 3. The number of hydrogen-bond donors (Lipinski definition) is 0. The van der Waals surface area contributed by atoms with Crippen LogP contribution in [0.4, 0.5) is 0 Å². The molecule has 8 rings (SSSR count). The lowest BCUT2D eigenvalue weighted by Crippen LogP contribution is -2.08. The molecule has 0 amide bonds. The molecule has 0 spiro atoms. The summed E-state index contributed by atoms with van der Waals surface area (Å²) in [4.78, 5) is 0. The zero-order valence-electron chi connectivity index (χ0n) is 28.9. The predicted octanol–water partition coefficient (Wildman–Crippen LogP) is 10.7. The summed E-state index contributed by atoms with van der Waals surface area (Å²) in [5.41, 5.74) is 15.7. The molecule has 2 aromatic heterocycles. The molecule has 3 aromatic carbocycles. The van der Waals surface area contributed by atoms with Crippen LogP contribution in [0.3, 0.4) is 0 Å². The van der Waals surface area contributed by atoms with Gasteiger partial charge in [0.05, 0.1) is 34.6 Å². The summed E-state index contributed by atoms with van der Waals surface area (Å²) in [7, 11) is 0. The first-order chi connectivity index (χ1) is 25.0. The molecule has 3 aliphatic carbocycles. The van der Waals surface area contributed by atoms with Gasteiger partial charge in [0, 0.05) is 44.7 Å². The van der Waals surface area contributed by atoms with Gasteiger partial charge in [0.25, 0.3) is 0 Å². The SMILES string of the molecule is C/C(C#N)=C\c1c(C)n(C2=CCC(Cc3cccc(-c4cccc(C#N)c4-n4c5c(c6c4C=C(C#N)CC6)CCC=C5)c3)C=C2)c2ccccc12. The highest BCUT2D eigenvalue weighted by Crippen LogP contribution is 2.41. The van der Waals surface area contributed by atoms with Crippen LogP contribution in [0, 0.1) is 46.8 Å². The van der Waals surface area contributed by atoms with Gasteiger partial charge in [-0.2, -0.15) is 15.8 Å². The molecule has 2 heterocycles. The van der Waals surface area contributed by atoms with Gasteiger partial charge in [-0.25, -0.2) is 0 Å². The average molecular weight is 660 g/mol. The second-order valence-corrected chi connectivity index (χ2v) is 13.8. The molecule has 1 unspecified atom stereocenters. The highest BCUT2D eigenvalue weighted by atomic mass is 15.0. The fourth-order valence-electron chi connectivity index (χ4n) is 8.25. The minimum atomic E-state index is 0.347. The van der Waals surface area contributed by atoms with Crippen LogP contribution < -0.4 is 0 Å². The summed E-state index contributed by atoms with van der Waals surface area (Å²) in [6, 6.07) is 30.3. The van der Waals surface area contributed by atoms with Crippen molar-refractivity contribution in [3.05, 3.63) is 147 Å². The van der Waals surface area contributed by atoms with Crippen molar-refractivity contribution in [3.63, 3.8) is 0 Å². The Kier molecular flexibility index (Phi) is 8.23. The van der Waals surface area contributed by atoms with Crippen molar-refractivity contribution < 1.29 is 0 Å². The van der Waals surface area contributed by atoms with Gasteiger partial charge in [-0.1, -0.05) is 72.8 Å². The van der Waals surface area contributed by atoms with E-state index in [-0.39, 0.29) is 0 Å². The first kappa shape index (κ1) is 31.9. The van der Waals surface area contributed by atoms with Crippen LogP contribution in [0.5, 0.6) is 0 Å². The third-order valence-electron chi connectivity index (χ3n) is 10.6. The van der Waals surface area contributed by atoms with Gasteiger partial charge < -0.3 is 9.13 Å². The molecular formula is C46H37N5. The summed E-state index contributed by atoms with van der Waals surface area (Å²) < 4.78 is 4.56. The second kappa shape index (κ2) is 13.2. The van der Waals surface area contributed by atoms with E-state index in [1.54, 1.807) is 0 Å². The third-order valence-corrected chi connectivity index (χ3v) is 10.6. The topological polar surface area (TPSA) is 81.2 Å². The maximum atomic E-state index is 10.4. The highest BCUT2D eigenvalue weighted by molar-refractivity contribution is 5.95. The second-order valence-electron chi connectivity index (χ2n) is 13.8. The van der Waals surface area contributed by atoms with Crippen LogP contribution in [-0.2, 0) is 19.3 Å². The van der Waals surface area contributed by atoms with E-state index in [2.05, 4.69) is 119 Å². The van der Waals surface area contributed by atoms with Crippen molar-refractivity contribution in [1.29, 1.82) is 15.8 Å². The minimum Gasteiger partial charge on any atom is -0.314 e. The quantitative estimate of drug-likeness (QED) is 0.170. The Labute approximate surface area is 299 Å². The fraction of sp³-hybridized carbons (Fsp3) is 0.196. The Morgan fingerprint density at radius 1 is 0.882 bits per heavy atom. The number of para-hydroxylation sites is 2. The molecule has 5 nitrogen and oxygen atoms in total. The van der Waals surface area contributed by atoms with Gasteiger partial charge in [-0.3, -0.25) is 0 Å². The molecule has 0 N–H and O–H groups in total. The van der Waals surface area contributed by atoms with E-state index >= 15 is 0 Å². The van der Waals surface area contributed by atoms with Crippen molar-refractivity contribution in [2.75, 3.05) is 0 Å². The number of allylic oxidation sites excluding steroid dienone is 7. The van der Waals surface area contributed by atoms with Gasteiger partial charge in [0.2, 0.25) is 0 Å². The smallest absolute Gasteiger partial charge is 0.101 e. The molecule has 51 heavy (non-hydrogen) atoms. The normalized spacial score (nSPS) is 16.5.